The van der Waals surface area contributed by atoms with E-state index in [0.717, 1.165) is 25.8 Å². The summed E-state index contributed by atoms with van der Waals surface area (Å²) >= 11 is 0. The molecule has 0 aromatic carbocycles. The van der Waals surface area contributed by atoms with Gasteiger partial charge in [-0.2, -0.15) is 0 Å². The molecule has 3 nitrogen and oxygen atoms in total. The first kappa shape index (κ1) is 21.3. The molecule has 0 bridgehead atoms. The van der Waals surface area contributed by atoms with Crippen molar-refractivity contribution in [2.75, 3.05) is 6.54 Å². The average Bonchev–Trinajstić information content (AvgIpc) is 2.52. The summed E-state index contributed by atoms with van der Waals surface area (Å²) in [5.74, 6) is 0. The van der Waals surface area contributed by atoms with Crippen molar-refractivity contribution in [3.05, 3.63) is 0 Å². The Kier molecular flexibility index (Phi) is 10.4. The monoisotopic (exact) mass is 339 g/mol. The summed E-state index contributed by atoms with van der Waals surface area (Å²) in [6.07, 6.45) is 16.8. The minimum atomic E-state index is -0.392. The van der Waals surface area contributed by atoms with Crippen LogP contribution in [0.2, 0.25) is 0 Å². The van der Waals surface area contributed by atoms with Crippen molar-refractivity contribution in [2.45, 2.75) is 123 Å². The van der Waals surface area contributed by atoms with Gasteiger partial charge in [-0.25, -0.2) is 4.79 Å². The normalized spacial score (nSPS) is 18.7. The fraction of sp³-hybridized carbons (Fsp3) is 0.952. The van der Waals surface area contributed by atoms with Gasteiger partial charge >= 0.3 is 6.09 Å². The third kappa shape index (κ3) is 9.54. The Bertz CT molecular complexity index is 335. The smallest absolute Gasteiger partial charge is 0.410 e. The van der Waals surface area contributed by atoms with Crippen LogP contribution in [-0.2, 0) is 4.74 Å². The zero-order chi connectivity index (χ0) is 17.8. The molecular weight excluding hydrogens is 298 g/mol. The predicted molar refractivity (Wildman–Crippen MR) is 102 cm³/mol. The molecule has 0 aromatic heterocycles. The minimum Gasteiger partial charge on any atom is -0.444 e. The van der Waals surface area contributed by atoms with E-state index in [0.29, 0.717) is 6.04 Å². The van der Waals surface area contributed by atoms with Crippen LogP contribution in [0.25, 0.3) is 0 Å². The molecule has 1 rings (SSSR count). The van der Waals surface area contributed by atoms with Gasteiger partial charge in [-0.15, -0.1) is 0 Å². The van der Waals surface area contributed by atoms with Crippen LogP contribution in [0.1, 0.15) is 111 Å². The van der Waals surface area contributed by atoms with Gasteiger partial charge in [-0.05, 0) is 46.5 Å². The van der Waals surface area contributed by atoms with Gasteiger partial charge in [-0.1, -0.05) is 64.7 Å². The van der Waals surface area contributed by atoms with Crippen LogP contribution < -0.4 is 0 Å². The first-order valence-corrected chi connectivity index (χ1v) is 10.4. The van der Waals surface area contributed by atoms with Crippen LogP contribution in [0.4, 0.5) is 4.79 Å². The van der Waals surface area contributed by atoms with Gasteiger partial charge in [0.1, 0.15) is 5.60 Å². The summed E-state index contributed by atoms with van der Waals surface area (Å²) in [5, 5.41) is 0. The van der Waals surface area contributed by atoms with Gasteiger partial charge in [0.05, 0.1) is 0 Å². The molecule has 0 unspecified atom stereocenters. The van der Waals surface area contributed by atoms with E-state index in [2.05, 4.69) is 6.92 Å². The molecule has 1 aliphatic heterocycles. The van der Waals surface area contributed by atoms with Crippen molar-refractivity contribution < 1.29 is 9.53 Å². The lowest BCUT2D eigenvalue weighted by Gasteiger charge is -2.37. The molecule has 1 heterocycles. The number of likely N-dealkylation sites (tertiary alicyclic amines) is 1. The number of hydrogen-bond donors (Lipinski definition) is 0. The number of carbonyl (C=O) groups excluding carboxylic acids is 1. The van der Waals surface area contributed by atoms with E-state index in [1.165, 1.54) is 64.2 Å². The maximum absolute atomic E-state index is 12.4. The molecule has 1 saturated heterocycles. The molecule has 3 heteroatoms. The van der Waals surface area contributed by atoms with Crippen molar-refractivity contribution in [2.24, 2.45) is 0 Å². The van der Waals surface area contributed by atoms with Crippen LogP contribution in [0.5, 0.6) is 0 Å². The third-order valence-corrected chi connectivity index (χ3v) is 4.90. The molecule has 0 N–H and O–H groups in total. The number of piperidine rings is 1. The van der Waals surface area contributed by atoms with E-state index < -0.39 is 5.60 Å². The topological polar surface area (TPSA) is 29.5 Å². The lowest BCUT2D eigenvalue weighted by molar-refractivity contribution is 0.00858. The van der Waals surface area contributed by atoms with Crippen LogP contribution in [0.3, 0.4) is 0 Å². The number of hydrogen-bond acceptors (Lipinski definition) is 2. The average molecular weight is 340 g/mol. The maximum Gasteiger partial charge on any atom is 0.410 e. The molecule has 1 fully saturated rings. The van der Waals surface area contributed by atoms with Crippen LogP contribution in [-0.4, -0.2) is 29.2 Å². The fourth-order valence-corrected chi connectivity index (χ4v) is 3.55. The highest BCUT2D eigenvalue weighted by Crippen LogP contribution is 2.24. The van der Waals surface area contributed by atoms with E-state index in [4.69, 9.17) is 4.74 Å². The summed E-state index contributed by atoms with van der Waals surface area (Å²) in [7, 11) is 0. The predicted octanol–water partition coefficient (Wildman–Crippen LogP) is 6.70. The standard InChI is InChI=1S/C21H41NO2/c1-5-6-7-8-9-10-11-12-13-16-19-17-14-15-18-22(19)20(23)24-21(2,3)4/h19H,5-18H2,1-4H3/t19-/m1/s1. The zero-order valence-electron chi connectivity index (χ0n) is 16.7. The van der Waals surface area contributed by atoms with Crippen molar-refractivity contribution in [1.82, 2.24) is 4.90 Å². The second-order valence-electron chi connectivity index (χ2n) is 8.44. The molecular formula is C21H41NO2. The van der Waals surface area contributed by atoms with Crippen LogP contribution in [0, 0.1) is 0 Å². The largest absolute Gasteiger partial charge is 0.444 e. The van der Waals surface area contributed by atoms with Gasteiger partial charge in [0.25, 0.3) is 0 Å². The molecule has 0 radical (unpaired) electrons. The Morgan fingerprint density at radius 2 is 1.54 bits per heavy atom. The number of nitrogens with zero attached hydrogens (tertiary/aromatic N) is 1. The molecule has 0 aliphatic carbocycles. The summed E-state index contributed by atoms with van der Waals surface area (Å²) in [4.78, 5) is 14.4. The van der Waals surface area contributed by atoms with Gasteiger partial charge in [0, 0.05) is 12.6 Å². The molecule has 0 saturated carbocycles. The SMILES string of the molecule is CCCCCCCCCCC[C@@H]1CCCCN1C(=O)OC(C)(C)C. The zero-order valence-corrected chi connectivity index (χ0v) is 16.7. The Morgan fingerprint density at radius 3 is 2.12 bits per heavy atom. The molecule has 0 spiro atoms. The van der Waals surface area contributed by atoms with Crippen molar-refractivity contribution in [3.8, 4) is 0 Å². The van der Waals surface area contributed by atoms with Gasteiger partial charge < -0.3 is 9.64 Å². The fourth-order valence-electron chi connectivity index (χ4n) is 3.55. The first-order valence-electron chi connectivity index (χ1n) is 10.4. The molecule has 24 heavy (non-hydrogen) atoms. The summed E-state index contributed by atoms with van der Waals surface area (Å²) < 4.78 is 5.59. The summed E-state index contributed by atoms with van der Waals surface area (Å²) in [5.41, 5.74) is -0.392. The lowest BCUT2D eigenvalue weighted by Crippen LogP contribution is -2.46. The summed E-state index contributed by atoms with van der Waals surface area (Å²) in [6, 6.07) is 0.401. The quantitative estimate of drug-likeness (QED) is 0.415. The molecule has 1 aliphatic rings. The summed E-state index contributed by atoms with van der Waals surface area (Å²) in [6.45, 7) is 8.99. The molecule has 1 amide bonds. The molecule has 142 valence electrons. The highest BCUT2D eigenvalue weighted by atomic mass is 16.6. The van der Waals surface area contributed by atoms with Gasteiger partial charge in [-0.3, -0.25) is 0 Å². The Morgan fingerprint density at radius 1 is 0.958 bits per heavy atom. The number of carbonyl (C=O) groups is 1. The van der Waals surface area contributed by atoms with E-state index in [9.17, 15) is 4.79 Å². The number of rotatable bonds is 10. The minimum absolute atomic E-state index is 0.108. The van der Waals surface area contributed by atoms with Crippen LogP contribution in [0.15, 0.2) is 0 Å². The maximum atomic E-state index is 12.4. The molecule has 0 aromatic rings. The van der Waals surface area contributed by atoms with Crippen molar-refractivity contribution in [1.29, 1.82) is 0 Å². The first-order chi connectivity index (χ1) is 11.4. The van der Waals surface area contributed by atoms with E-state index in [1.54, 1.807) is 0 Å². The second-order valence-corrected chi connectivity index (χ2v) is 8.44. The molecule has 1 atom stereocenters. The number of amides is 1. The lowest BCUT2D eigenvalue weighted by atomic mass is 9.96. The van der Waals surface area contributed by atoms with E-state index in [-0.39, 0.29) is 6.09 Å². The van der Waals surface area contributed by atoms with Gasteiger partial charge in [0.2, 0.25) is 0 Å². The van der Waals surface area contributed by atoms with Gasteiger partial charge in [0.15, 0.2) is 0 Å². The Hall–Kier alpha value is -0.730. The third-order valence-electron chi connectivity index (χ3n) is 4.90. The Balaban J connectivity index is 2.18. The highest BCUT2D eigenvalue weighted by Gasteiger charge is 2.29. The van der Waals surface area contributed by atoms with Crippen molar-refractivity contribution >= 4 is 6.09 Å². The van der Waals surface area contributed by atoms with Crippen molar-refractivity contribution in [3.63, 3.8) is 0 Å². The number of ether oxygens (including phenoxy) is 1. The van der Waals surface area contributed by atoms with Crippen LogP contribution >= 0.6 is 0 Å². The van der Waals surface area contributed by atoms with E-state index in [1.807, 2.05) is 25.7 Å². The second kappa shape index (κ2) is 11.8. The Labute approximate surface area is 150 Å². The van der Waals surface area contributed by atoms with E-state index >= 15 is 0 Å². The highest BCUT2D eigenvalue weighted by molar-refractivity contribution is 5.68. The number of unbranched alkanes of at least 4 members (excludes halogenated alkanes) is 8.